The lowest BCUT2D eigenvalue weighted by atomic mass is 10.2. The molecule has 0 heterocycles. The largest absolute Gasteiger partial charge is 0.744 e. The predicted molar refractivity (Wildman–Crippen MR) is 69.8 cm³/mol. The zero-order valence-electron chi connectivity index (χ0n) is 10.4. The second kappa shape index (κ2) is 5.76. The molecule has 1 aromatic carbocycles. The van der Waals surface area contributed by atoms with Crippen molar-refractivity contribution in [1.82, 2.24) is 0 Å². The van der Waals surface area contributed by atoms with Gasteiger partial charge >= 0.3 is 0 Å². The van der Waals surface area contributed by atoms with Crippen LogP contribution in [0.4, 0.5) is 0 Å². The fourth-order valence-corrected chi connectivity index (χ4v) is 1.17. The summed E-state index contributed by atoms with van der Waals surface area (Å²) in [5.41, 5.74) is 0.928. The Hall–Kier alpha value is -0.440. The van der Waals surface area contributed by atoms with Gasteiger partial charge in [0.15, 0.2) is 0 Å². The molecule has 0 spiro atoms. The van der Waals surface area contributed by atoms with Gasteiger partial charge in [-0.3, -0.25) is 0 Å². The van der Waals surface area contributed by atoms with E-state index in [9.17, 15) is 13.0 Å². The van der Waals surface area contributed by atoms with Gasteiger partial charge in [0.1, 0.15) is 10.1 Å². The zero-order valence-corrected chi connectivity index (χ0v) is 12.1. The van der Waals surface area contributed by atoms with Crippen LogP contribution >= 0.6 is 7.26 Å². The van der Waals surface area contributed by atoms with E-state index in [4.69, 9.17) is 0 Å². The van der Waals surface area contributed by atoms with Crippen molar-refractivity contribution >= 4 is 17.4 Å². The van der Waals surface area contributed by atoms with Gasteiger partial charge in [-0.2, -0.15) is 0 Å². The Morgan fingerprint density at radius 3 is 1.56 bits per heavy atom. The first-order valence-electron chi connectivity index (χ1n) is 4.81. The van der Waals surface area contributed by atoms with Crippen LogP contribution in [0.5, 0.6) is 0 Å². The summed E-state index contributed by atoms with van der Waals surface area (Å²) in [6, 6.07) is 5.78. The monoisotopic (exact) mass is 262 g/mol. The molecule has 0 saturated heterocycles. The lowest BCUT2D eigenvalue weighted by Gasteiger charge is -2.05. The fourth-order valence-electron chi connectivity index (χ4n) is 0.705. The Kier molecular flexibility index (Phi) is 5.60. The molecule has 0 bridgehead atoms. The summed E-state index contributed by atoms with van der Waals surface area (Å²) in [5, 5.41) is 0. The molecule has 5 heteroatoms. The van der Waals surface area contributed by atoms with Crippen LogP contribution in [0.2, 0.25) is 0 Å². The second-order valence-corrected chi connectivity index (χ2v) is 11.7. The van der Waals surface area contributed by atoms with Crippen LogP contribution in [-0.4, -0.2) is 39.6 Å². The Morgan fingerprint density at radius 1 is 1.00 bits per heavy atom. The smallest absolute Gasteiger partial charge is 0.124 e. The SMILES string of the molecule is C[P+](C)(C)C.Cc1ccc(S(=O)(=O)[O-])cc1. The average Bonchev–Trinajstić information content (AvgIpc) is 1.99. The van der Waals surface area contributed by atoms with Gasteiger partial charge in [-0.15, -0.1) is 0 Å². The molecule has 92 valence electrons. The molecular formula is C11H19O3PS. The van der Waals surface area contributed by atoms with E-state index in [1.807, 2.05) is 6.92 Å². The normalized spacial score (nSPS) is 11.6. The highest BCUT2D eigenvalue weighted by atomic mass is 32.2. The molecule has 0 atom stereocenters. The van der Waals surface area contributed by atoms with Crippen LogP contribution < -0.4 is 0 Å². The molecule has 3 nitrogen and oxygen atoms in total. The summed E-state index contributed by atoms with van der Waals surface area (Å²) in [6.07, 6.45) is 0. The molecule has 16 heavy (non-hydrogen) atoms. The molecular weight excluding hydrogens is 243 g/mol. The van der Waals surface area contributed by atoms with Gasteiger partial charge in [-0.25, -0.2) is 8.42 Å². The molecule has 1 aromatic rings. The molecule has 0 aliphatic heterocycles. The maximum atomic E-state index is 10.4. The van der Waals surface area contributed by atoms with Crippen LogP contribution in [0, 0.1) is 6.92 Å². The summed E-state index contributed by atoms with van der Waals surface area (Å²) in [5.74, 6) is 0. The average molecular weight is 262 g/mol. The van der Waals surface area contributed by atoms with Gasteiger partial charge in [0, 0.05) is 33.9 Å². The van der Waals surface area contributed by atoms with E-state index in [0.717, 1.165) is 5.56 Å². The van der Waals surface area contributed by atoms with Gasteiger partial charge in [0.2, 0.25) is 0 Å². The van der Waals surface area contributed by atoms with Crippen molar-refractivity contribution in [1.29, 1.82) is 0 Å². The first-order chi connectivity index (χ1) is 7.00. The van der Waals surface area contributed by atoms with E-state index in [1.54, 1.807) is 12.1 Å². The summed E-state index contributed by atoms with van der Waals surface area (Å²) in [6.45, 7) is 11.0. The van der Waals surface area contributed by atoms with Crippen molar-refractivity contribution in [2.45, 2.75) is 11.8 Å². The van der Waals surface area contributed by atoms with Crippen LogP contribution in [0.1, 0.15) is 5.56 Å². The Labute approximate surface area is 99.0 Å². The van der Waals surface area contributed by atoms with Crippen LogP contribution in [0.25, 0.3) is 0 Å². The molecule has 0 fully saturated rings. The minimum absolute atomic E-state index is 0.178. The molecule has 0 aliphatic carbocycles. The fraction of sp³-hybridized carbons (Fsp3) is 0.455. The third-order valence-electron chi connectivity index (χ3n) is 1.31. The summed E-state index contributed by atoms with van der Waals surface area (Å²) in [4.78, 5) is -0.178. The van der Waals surface area contributed by atoms with Crippen molar-refractivity contribution < 1.29 is 13.0 Å². The highest BCUT2D eigenvalue weighted by molar-refractivity contribution is 7.85. The van der Waals surface area contributed by atoms with Gasteiger partial charge < -0.3 is 4.55 Å². The molecule has 0 aromatic heterocycles. The van der Waals surface area contributed by atoms with Crippen LogP contribution in [-0.2, 0) is 10.1 Å². The molecule has 0 amide bonds. The zero-order chi connectivity index (χ0) is 13.0. The van der Waals surface area contributed by atoms with E-state index >= 15 is 0 Å². The standard InChI is InChI=1S/C7H8O3S.C4H12P/c1-6-2-4-7(5-3-6)11(8,9)10;1-5(2,3)4/h2-5H,1H3,(H,8,9,10);1-4H3/q;+1/p-1. The van der Waals surface area contributed by atoms with Crippen molar-refractivity contribution in [3.8, 4) is 0 Å². The lowest BCUT2D eigenvalue weighted by molar-refractivity contribution is 0.463. The first kappa shape index (κ1) is 15.6. The minimum Gasteiger partial charge on any atom is -0.744 e. The van der Waals surface area contributed by atoms with Gasteiger partial charge in [-0.1, -0.05) is 17.7 Å². The molecule has 0 radical (unpaired) electrons. The number of hydrogen-bond acceptors (Lipinski definition) is 3. The number of hydrogen-bond donors (Lipinski definition) is 0. The molecule has 0 unspecified atom stereocenters. The Bertz CT molecular complexity index is 410. The van der Waals surface area contributed by atoms with E-state index in [0.29, 0.717) is 0 Å². The van der Waals surface area contributed by atoms with E-state index < -0.39 is 10.1 Å². The summed E-state index contributed by atoms with van der Waals surface area (Å²) < 4.78 is 31.2. The topological polar surface area (TPSA) is 57.2 Å². The van der Waals surface area contributed by atoms with Gasteiger partial charge in [0.05, 0.1) is 4.90 Å². The highest BCUT2D eigenvalue weighted by Gasteiger charge is 2.03. The Morgan fingerprint density at radius 2 is 1.31 bits per heavy atom. The van der Waals surface area contributed by atoms with Crippen molar-refractivity contribution in [3.63, 3.8) is 0 Å². The number of benzene rings is 1. The molecule has 0 aliphatic rings. The molecule has 0 N–H and O–H groups in total. The van der Waals surface area contributed by atoms with E-state index in [1.165, 1.54) is 12.1 Å². The van der Waals surface area contributed by atoms with Gasteiger partial charge in [-0.05, 0) is 19.1 Å². The van der Waals surface area contributed by atoms with Crippen molar-refractivity contribution in [2.75, 3.05) is 26.7 Å². The second-order valence-electron chi connectivity index (χ2n) is 4.95. The number of aryl methyl sites for hydroxylation is 1. The van der Waals surface area contributed by atoms with E-state index in [2.05, 4.69) is 26.7 Å². The summed E-state index contributed by atoms with van der Waals surface area (Å²) >= 11 is 0. The minimum atomic E-state index is -4.27. The van der Waals surface area contributed by atoms with Gasteiger partial charge in [0.25, 0.3) is 0 Å². The van der Waals surface area contributed by atoms with Crippen LogP contribution in [0.3, 0.4) is 0 Å². The number of rotatable bonds is 1. The lowest BCUT2D eigenvalue weighted by Crippen LogP contribution is -1.97. The first-order valence-corrected chi connectivity index (χ1v) is 9.80. The quantitative estimate of drug-likeness (QED) is 0.577. The Balaban J connectivity index is 0.000000385. The predicted octanol–water partition coefficient (Wildman–Crippen LogP) is 2.42. The molecule has 0 saturated carbocycles. The maximum absolute atomic E-state index is 10.4. The summed E-state index contributed by atoms with van der Waals surface area (Å²) in [7, 11) is -4.66. The third kappa shape index (κ3) is 8.84. The third-order valence-corrected chi connectivity index (χ3v) is 2.16. The van der Waals surface area contributed by atoms with Crippen molar-refractivity contribution in [3.05, 3.63) is 29.8 Å². The maximum Gasteiger partial charge on any atom is 0.124 e. The highest BCUT2D eigenvalue weighted by Crippen LogP contribution is 2.40. The van der Waals surface area contributed by atoms with E-state index in [-0.39, 0.29) is 12.2 Å². The van der Waals surface area contributed by atoms with Crippen molar-refractivity contribution in [2.24, 2.45) is 0 Å². The molecule has 1 rings (SSSR count). The van der Waals surface area contributed by atoms with Crippen LogP contribution in [0.15, 0.2) is 29.2 Å².